The van der Waals surface area contributed by atoms with Crippen LogP contribution in [0.2, 0.25) is 0 Å². The highest BCUT2D eigenvalue weighted by Crippen LogP contribution is 2.28. The van der Waals surface area contributed by atoms with Crippen LogP contribution >= 0.6 is 0 Å². The summed E-state index contributed by atoms with van der Waals surface area (Å²) in [5, 5.41) is 11.5. The van der Waals surface area contributed by atoms with Crippen molar-refractivity contribution in [3.63, 3.8) is 0 Å². The number of pyridine rings is 2. The number of ether oxygens (including phenoxy) is 1. The first-order chi connectivity index (χ1) is 13.6. The number of anilines is 3. The van der Waals surface area contributed by atoms with Crippen molar-refractivity contribution in [2.24, 2.45) is 0 Å². The Morgan fingerprint density at radius 3 is 2.89 bits per heavy atom. The lowest BCUT2D eigenvalue weighted by atomic mass is 10.1. The fourth-order valence-corrected chi connectivity index (χ4v) is 3.65. The Kier molecular flexibility index (Phi) is 5.34. The van der Waals surface area contributed by atoms with Gasteiger partial charge in [0.05, 0.1) is 41.8 Å². The van der Waals surface area contributed by atoms with Gasteiger partial charge in [-0.15, -0.1) is 5.10 Å². The summed E-state index contributed by atoms with van der Waals surface area (Å²) in [7, 11) is 1.76. The van der Waals surface area contributed by atoms with Crippen LogP contribution in [0.4, 0.5) is 17.3 Å². The normalized spacial score (nSPS) is 16.9. The molecule has 1 atom stereocenters. The van der Waals surface area contributed by atoms with E-state index >= 15 is 0 Å². The van der Waals surface area contributed by atoms with Gasteiger partial charge in [0.2, 0.25) is 0 Å². The SMILES string of the molecule is COC[C@@H]1CCCN1c1cnc2ccc(Nc3cc(C(C)C)cnn3)nc2c1. The minimum absolute atomic E-state index is 0.396. The highest BCUT2D eigenvalue weighted by atomic mass is 16.5. The average Bonchev–Trinajstić information content (AvgIpc) is 3.16. The number of aromatic nitrogens is 4. The van der Waals surface area contributed by atoms with Crippen molar-refractivity contribution in [2.75, 3.05) is 30.5 Å². The van der Waals surface area contributed by atoms with Crippen molar-refractivity contribution in [1.82, 2.24) is 20.2 Å². The molecule has 0 spiro atoms. The molecule has 7 nitrogen and oxygen atoms in total. The number of rotatable bonds is 6. The van der Waals surface area contributed by atoms with Gasteiger partial charge in [-0.2, -0.15) is 5.10 Å². The van der Waals surface area contributed by atoms with Gasteiger partial charge in [0, 0.05) is 13.7 Å². The van der Waals surface area contributed by atoms with E-state index in [2.05, 4.69) is 45.3 Å². The molecule has 4 heterocycles. The lowest BCUT2D eigenvalue weighted by Crippen LogP contribution is -2.32. The second kappa shape index (κ2) is 8.06. The van der Waals surface area contributed by atoms with E-state index in [4.69, 9.17) is 9.72 Å². The van der Waals surface area contributed by atoms with Gasteiger partial charge in [0.15, 0.2) is 5.82 Å². The minimum atomic E-state index is 0.396. The van der Waals surface area contributed by atoms with Crippen LogP contribution in [0.5, 0.6) is 0 Å². The summed E-state index contributed by atoms with van der Waals surface area (Å²) < 4.78 is 5.38. The molecule has 1 saturated heterocycles. The van der Waals surface area contributed by atoms with E-state index in [0.717, 1.165) is 47.7 Å². The summed E-state index contributed by atoms with van der Waals surface area (Å²) >= 11 is 0. The Hall–Kier alpha value is -2.80. The van der Waals surface area contributed by atoms with Crippen LogP contribution in [0.25, 0.3) is 11.0 Å². The smallest absolute Gasteiger partial charge is 0.154 e. The summed E-state index contributed by atoms with van der Waals surface area (Å²) in [5.41, 5.74) is 3.97. The molecule has 0 aromatic carbocycles. The molecule has 0 radical (unpaired) electrons. The van der Waals surface area contributed by atoms with Gasteiger partial charge in [-0.05, 0) is 48.6 Å². The quantitative estimate of drug-likeness (QED) is 0.697. The molecule has 0 amide bonds. The Morgan fingerprint density at radius 2 is 2.07 bits per heavy atom. The number of fused-ring (bicyclic) bond motifs is 1. The van der Waals surface area contributed by atoms with Gasteiger partial charge in [-0.1, -0.05) is 13.8 Å². The van der Waals surface area contributed by atoms with E-state index in [1.165, 1.54) is 6.42 Å². The third kappa shape index (κ3) is 3.89. The molecule has 0 aliphatic carbocycles. The van der Waals surface area contributed by atoms with Crippen LogP contribution in [0, 0.1) is 0 Å². The van der Waals surface area contributed by atoms with Crippen molar-refractivity contribution in [1.29, 1.82) is 0 Å². The maximum absolute atomic E-state index is 5.38. The first-order valence-electron chi connectivity index (χ1n) is 9.76. The number of hydrogen-bond donors (Lipinski definition) is 1. The number of hydrogen-bond acceptors (Lipinski definition) is 7. The third-order valence-corrected chi connectivity index (χ3v) is 5.19. The lowest BCUT2D eigenvalue weighted by molar-refractivity contribution is 0.181. The largest absolute Gasteiger partial charge is 0.383 e. The van der Waals surface area contributed by atoms with E-state index in [0.29, 0.717) is 17.8 Å². The molecule has 146 valence electrons. The topological polar surface area (TPSA) is 76.1 Å². The van der Waals surface area contributed by atoms with Gasteiger partial charge in [0.25, 0.3) is 0 Å². The molecular weight excluding hydrogens is 352 g/mol. The van der Waals surface area contributed by atoms with Gasteiger partial charge in [-0.3, -0.25) is 4.98 Å². The van der Waals surface area contributed by atoms with Crippen LogP contribution in [-0.2, 0) is 4.74 Å². The average molecular weight is 378 g/mol. The summed E-state index contributed by atoms with van der Waals surface area (Å²) in [5.74, 6) is 1.83. The van der Waals surface area contributed by atoms with Crippen molar-refractivity contribution in [3.05, 3.63) is 42.2 Å². The monoisotopic (exact) mass is 378 g/mol. The molecule has 3 aromatic heterocycles. The first kappa shape index (κ1) is 18.6. The minimum Gasteiger partial charge on any atom is -0.383 e. The highest BCUT2D eigenvalue weighted by Gasteiger charge is 2.25. The molecule has 4 rings (SSSR count). The van der Waals surface area contributed by atoms with Crippen molar-refractivity contribution in [3.8, 4) is 0 Å². The molecule has 0 unspecified atom stereocenters. The Morgan fingerprint density at radius 1 is 1.18 bits per heavy atom. The lowest BCUT2D eigenvalue weighted by Gasteiger charge is -2.26. The van der Waals surface area contributed by atoms with Crippen molar-refractivity contribution in [2.45, 2.75) is 38.6 Å². The Balaban J connectivity index is 1.60. The molecule has 1 aliphatic rings. The van der Waals surface area contributed by atoms with Crippen LogP contribution in [-0.4, -0.2) is 46.5 Å². The fourth-order valence-electron chi connectivity index (χ4n) is 3.65. The van der Waals surface area contributed by atoms with E-state index in [1.54, 1.807) is 13.3 Å². The maximum atomic E-state index is 5.38. The predicted octanol–water partition coefficient (Wildman–Crippen LogP) is 3.90. The number of nitrogens with zero attached hydrogens (tertiary/aromatic N) is 5. The molecule has 1 N–H and O–H groups in total. The van der Waals surface area contributed by atoms with Crippen LogP contribution < -0.4 is 10.2 Å². The second-order valence-electron chi connectivity index (χ2n) is 7.53. The van der Waals surface area contributed by atoms with Crippen LogP contribution in [0.15, 0.2) is 36.7 Å². The Bertz CT molecular complexity index is 961. The fraction of sp³-hybridized carbons (Fsp3) is 0.429. The molecule has 3 aromatic rings. The zero-order valence-corrected chi connectivity index (χ0v) is 16.6. The Labute approximate surface area is 165 Å². The molecule has 0 bridgehead atoms. The first-order valence-corrected chi connectivity index (χ1v) is 9.76. The number of methoxy groups -OCH3 is 1. The molecular formula is C21H26N6O. The molecule has 1 aliphatic heterocycles. The van der Waals surface area contributed by atoms with Crippen LogP contribution in [0.1, 0.15) is 38.2 Å². The van der Waals surface area contributed by atoms with Gasteiger partial charge >= 0.3 is 0 Å². The van der Waals surface area contributed by atoms with E-state index in [1.807, 2.05) is 24.4 Å². The molecule has 28 heavy (non-hydrogen) atoms. The standard InChI is InChI=1S/C21H26N6O/c1-14(2)15-9-21(26-23-11-15)25-20-7-6-18-19(24-20)10-17(12-22-18)27-8-4-5-16(27)13-28-3/h6-7,9-12,14,16H,4-5,8,13H2,1-3H3,(H,24,25,26)/t16-/m0/s1. The predicted molar refractivity (Wildman–Crippen MR) is 111 cm³/mol. The molecule has 7 heteroatoms. The van der Waals surface area contributed by atoms with E-state index < -0.39 is 0 Å². The highest BCUT2D eigenvalue weighted by molar-refractivity contribution is 5.80. The summed E-state index contributed by atoms with van der Waals surface area (Å²) in [4.78, 5) is 11.7. The second-order valence-corrected chi connectivity index (χ2v) is 7.53. The zero-order chi connectivity index (χ0) is 19.5. The summed E-state index contributed by atoms with van der Waals surface area (Å²) in [6.07, 6.45) is 6.05. The van der Waals surface area contributed by atoms with Gasteiger partial charge in [0.1, 0.15) is 5.82 Å². The molecule has 0 saturated carbocycles. The van der Waals surface area contributed by atoms with Crippen LogP contribution in [0.3, 0.4) is 0 Å². The van der Waals surface area contributed by atoms with Crippen molar-refractivity contribution >= 4 is 28.4 Å². The number of nitrogens with one attached hydrogen (secondary N) is 1. The van der Waals surface area contributed by atoms with Gasteiger partial charge in [-0.25, -0.2) is 4.98 Å². The summed E-state index contributed by atoms with van der Waals surface area (Å²) in [6.45, 7) is 6.03. The van der Waals surface area contributed by atoms with E-state index in [-0.39, 0.29) is 0 Å². The summed E-state index contributed by atoms with van der Waals surface area (Å²) in [6, 6.07) is 8.42. The third-order valence-electron chi connectivity index (χ3n) is 5.19. The zero-order valence-electron chi connectivity index (χ0n) is 16.6. The van der Waals surface area contributed by atoms with Gasteiger partial charge < -0.3 is 15.0 Å². The van der Waals surface area contributed by atoms with Crippen molar-refractivity contribution < 1.29 is 4.74 Å². The van der Waals surface area contributed by atoms with E-state index in [9.17, 15) is 0 Å². The molecule has 1 fully saturated rings. The maximum Gasteiger partial charge on any atom is 0.154 e.